The van der Waals surface area contributed by atoms with Crippen LogP contribution in [0.1, 0.15) is 40.2 Å². The Morgan fingerprint density at radius 3 is 2.70 bits per heavy atom. The summed E-state index contributed by atoms with van der Waals surface area (Å²) >= 11 is 0. The van der Waals surface area contributed by atoms with E-state index < -0.39 is 23.9 Å². The molecule has 2 aliphatic heterocycles. The van der Waals surface area contributed by atoms with Gasteiger partial charge in [-0.1, -0.05) is 12.1 Å². The third-order valence-electron chi connectivity index (χ3n) is 5.58. The number of halogens is 3. The number of anilines is 1. The summed E-state index contributed by atoms with van der Waals surface area (Å²) in [6.07, 6.45) is -4.25. The zero-order valence-corrected chi connectivity index (χ0v) is 16.9. The van der Waals surface area contributed by atoms with Crippen LogP contribution in [0.5, 0.6) is 0 Å². The summed E-state index contributed by atoms with van der Waals surface area (Å²) in [4.78, 5) is 37.9. The first-order chi connectivity index (χ1) is 15.7. The van der Waals surface area contributed by atoms with E-state index in [2.05, 4.69) is 25.9 Å². The molecule has 0 saturated carbocycles. The molecule has 5 rings (SSSR count). The molecule has 0 radical (unpaired) electrons. The summed E-state index contributed by atoms with van der Waals surface area (Å²) in [7, 11) is 0. The first kappa shape index (κ1) is 20.8. The summed E-state index contributed by atoms with van der Waals surface area (Å²) in [5.41, 5.74) is 1.87. The Hall–Kier alpha value is -4.03. The van der Waals surface area contributed by atoms with Gasteiger partial charge in [-0.15, -0.1) is 15.3 Å². The molecule has 1 aromatic carbocycles. The molecule has 2 aromatic heterocycles. The molecule has 3 aromatic rings. The van der Waals surface area contributed by atoms with E-state index in [0.717, 1.165) is 5.56 Å². The van der Waals surface area contributed by atoms with Crippen molar-refractivity contribution in [3.8, 4) is 0 Å². The fourth-order valence-corrected chi connectivity index (χ4v) is 3.96. The first-order valence-electron chi connectivity index (χ1n) is 10.0. The zero-order chi connectivity index (χ0) is 23.3. The number of fused-ring (bicyclic) bond motifs is 2. The second kappa shape index (κ2) is 7.53. The highest BCUT2D eigenvalue weighted by atomic mass is 19.4. The number of aromatic nitrogens is 4. The quantitative estimate of drug-likeness (QED) is 0.568. The predicted octanol–water partition coefficient (Wildman–Crippen LogP) is 1.52. The van der Waals surface area contributed by atoms with Gasteiger partial charge in [-0.3, -0.25) is 19.7 Å². The lowest BCUT2D eigenvalue weighted by atomic mass is 10.0. The number of hydrogen-bond donors (Lipinski definition) is 2. The van der Waals surface area contributed by atoms with Crippen molar-refractivity contribution in [2.75, 3.05) is 5.32 Å². The third-order valence-corrected chi connectivity index (χ3v) is 5.58. The van der Waals surface area contributed by atoms with Crippen LogP contribution in [-0.4, -0.2) is 48.5 Å². The van der Waals surface area contributed by atoms with Gasteiger partial charge in [0.1, 0.15) is 11.9 Å². The smallest absolute Gasteiger partial charge is 0.365 e. The molecule has 170 valence electrons. The Bertz CT molecular complexity index is 1300. The van der Waals surface area contributed by atoms with Crippen molar-refractivity contribution in [1.29, 1.82) is 0 Å². The monoisotopic (exact) mass is 459 g/mol. The molecule has 3 amide bonds. The summed E-state index contributed by atoms with van der Waals surface area (Å²) < 4.78 is 39.8. The first-order valence-corrected chi connectivity index (χ1v) is 10.0. The number of hydrogen-bond acceptors (Lipinski definition) is 7. The third kappa shape index (κ3) is 3.75. The topological polar surface area (TPSA) is 122 Å². The van der Waals surface area contributed by atoms with Gasteiger partial charge in [-0.2, -0.15) is 17.7 Å². The van der Waals surface area contributed by atoms with Gasteiger partial charge in [-0.05, 0) is 35.7 Å². The van der Waals surface area contributed by atoms with E-state index in [1.165, 1.54) is 17.0 Å². The second-order valence-electron chi connectivity index (χ2n) is 7.75. The molecule has 0 bridgehead atoms. The van der Waals surface area contributed by atoms with Gasteiger partial charge in [0.05, 0.1) is 0 Å². The number of alkyl halides is 3. The van der Waals surface area contributed by atoms with Crippen molar-refractivity contribution in [2.45, 2.75) is 38.1 Å². The van der Waals surface area contributed by atoms with Crippen LogP contribution >= 0.6 is 0 Å². The minimum Gasteiger partial charge on any atom is -0.365 e. The molecule has 1 fully saturated rings. The van der Waals surface area contributed by atoms with Crippen LogP contribution in [0.15, 0.2) is 30.3 Å². The van der Waals surface area contributed by atoms with Gasteiger partial charge in [0.15, 0.2) is 5.65 Å². The molecule has 1 atom stereocenters. The molecule has 0 aliphatic carbocycles. The lowest BCUT2D eigenvalue weighted by Crippen LogP contribution is -2.52. The number of imide groups is 1. The van der Waals surface area contributed by atoms with Crippen LogP contribution in [0, 0.1) is 0 Å². The molecule has 2 aliphatic rings. The van der Waals surface area contributed by atoms with E-state index in [-0.39, 0.29) is 49.2 Å². The Morgan fingerprint density at radius 1 is 1.12 bits per heavy atom. The standard InChI is InChI=1S/C20H16F3N7O3/c21-20(22,23)19-27-26-15-5-4-14(28-30(15)19)24-8-10-1-2-11-9-29(18(33)12(11)7-10)13-3-6-16(31)25-17(13)32/h1-2,4-5,7,13H,3,6,8-9H2,(H,24,28)(H,25,31,32). The number of carbonyl (C=O) groups is 3. The number of amides is 3. The van der Waals surface area contributed by atoms with E-state index in [1.54, 1.807) is 18.2 Å². The minimum atomic E-state index is -4.69. The Kier molecular flexibility index (Phi) is 4.76. The molecular weight excluding hydrogens is 443 g/mol. The van der Waals surface area contributed by atoms with E-state index in [4.69, 9.17) is 0 Å². The maximum atomic E-state index is 13.0. The van der Waals surface area contributed by atoms with Gasteiger partial charge < -0.3 is 10.2 Å². The molecular formula is C20H16F3N7O3. The fourth-order valence-electron chi connectivity index (χ4n) is 3.96. The van der Waals surface area contributed by atoms with Crippen molar-refractivity contribution < 1.29 is 27.6 Å². The lowest BCUT2D eigenvalue weighted by molar-refractivity contribution is -0.146. The van der Waals surface area contributed by atoms with E-state index >= 15 is 0 Å². The van der Waals surface area contributed by atoms with Crippen LogP contribution in [0.25, 0.3) is 5.65 Å². The molecule has 1 saturated heterocycles. The number of carbonyl (C=O) groups excluding carboxylic acids is 3. The highest BCUT2D eigenvalue weighted by Crippen LogP contribution is 2.29. The molecule has 0 spiro atoms. The highest BCUT2D eigenvalue weighted by Gasteiger charge is 2.39. The van der Waals surface area contributed by atoms with Crippen LogP contribution in [0.2, 0.25) is 0 Å². The Morgan fingerprint density at radius 2 is 1.94 bits per heavy atom. The van der Waals surface area contributed by atoms with Crippen molar-refractivity contribution in [3.05, 3.63) is 52.8 Å². The van der Waals surface area contributed by atoms with Gasteiger partial charge in [0.2, 0.25) is 11.8 Å². The summed E-state index contributed by atoms with van der Waals surface area (Å²) in [5, 5.41) is 15.7. The molecule has 33 heavy (non-hydrogen) atoms. The van der Waals surface area contributed by atoms with Gasteiger partial charge >= 0.3 is 6.18 Å². The Balaban J connectivity index is 1.31. The largest absolute Gasteiger partial charge is 0.453 e. The molecule has 2 N–H and O–H groups in total. The van der Waals surface area contributed by atoms with Crippen molar-refractivity contribution in [3.63, 3.8) is 0 Å². The molecule has 1 unspecified atom stereocenters. The van der Waals surface area contributed by atoms with Crippen molar-refractivity contribution >= 4 is 29.2 Å². The maximum absolute atomic E-state index is 13.0. The second-order valence-corrected chi connectivity index (χ2v) is 7.75. The highest BCUT2D eigenvalue weighted by molar-refractivity contribution is 6.05. The van der Waals surface area contributed by atoms with Gasteiger partial charge in [0, 0.05) is 25.1 Å². The molecule has 4 heterocycles. The zero-order valence-electron chi connectivity index (χ0n) is 16.9. The molecule has 13 heteroatoms. The van der Waals surface area contributed by atoms with E-state index in [9.17, 15) is 27.6 Å². The van der Waals surface area contributed by atoms with Crippen molar-refractivity contribution in [2.24, 2.45) is 0 Å². The summed E-state index contributed by atoms with van der Waals surface area (Å²) in [6, 6.07) is 7.37. The van der Waals surface area contributed by atoms with Gasteiger partial charge in [0.25, 0.3) is 11.7 Å². The SMILES string of the molecule is O=C1CCC(N2Cc3ccc(CNc4ccc5nnc(C(F)(F)F)n5n4)cc3C2=O)C(=O)N1. The maximum Gasteiger partial charge on any atom is 0.453 e. The van der Waals surface area contributed by atoms with Gasteiger partial charge in [-0.25, -0.2) is 0 Å². The normalized spacial score (nSPS) is 18.6. The average molecular weight is 459 g/mol. The van der Waals surface area contributed by atoms with Crippen LogP contribution in [0.3, 0.4) is 0 Å². The number of piperidine rings is 1. The minimum absolute atomic E-state index is 0.0375. The fraction of sp³-hybridized carbons (Fsp3) is 0.300. The van der Waals surface area contributed by atoms with Crippen LogP contribution in [0.4, 0.5) is 19.0 Å². The Labute approximate surface area is 183 Å². The number of nitrogens with zero attached hydrogens (tertiary/aromatic N) is 5. The van der Waals surface area contributed by atoms with E-state index in [1.807, 2.05) is 0 Å². The average Bonchev–Trinajstić information content (AvgIpc) is 3.33. The van der Waals surface area contributed by atoms with Crippen LogP contribution < -0.4 is 10.6 Å². The number of benzene rings is 1. The summed E-state index contributed by atoms with van der Waals surface area (Å²) in [5.74, 6) is -2.19. The lowest BCUT2D eigenvalue weighted by Gasteiger charge is -2.29. The number of rotatable bonds is 4. The predicted molar refractivity (Wildman–Crippen MR) is 106 cm³/mol. The van der Waals surface area contributed by atoms with Crippen molar-refractivity contribution in [1.82, 2.24) is 30.0 Å². The number of nitrogens with one attached hydrogen (secondary N) is 2. The molecule has 10 nitrogen and oxygen atoms in total. The van der Waals surface area contributed by atoms with E-state index in [0.29, 0.717) is 15.6 Å². The summed E-state index contributed by atoms with van der Waals surface area (Å²) in [6.45, 7) is 0.460. The van der Waals surface area contributed by atoms with Crippen LogP contribution in [-0.2, 0) is 28.9 Å².